The van der Waals surface area contributed by atoms with Crippen molar-refractivity contribution in [2.45, 2.75) is 37.1 Å². The van der Waals surface area contributed by atoms with Crippen LogP contribution in [0.3, 0.4) is 0 Å². The highest BCUT2D eigenvalue weighted by atomic mass is 32.2. The molecule has 1 unspecified atom stereocenters. The number of rotatable bonds is 6. The first-order valence-electron chi connectivity index (χ1n) is 7.32. The van der Waals surface area contributed by atoms with Crippen molar-refractivity contribution in [3.05, 3.63) is 24.3 Å². The molecule has 21 heavy (non-hydrogen) atoms. The van der Waals surface area contributed by atoms with Crippen LogP contribution in [0.4, 0.5) is 5.69 Å². The van der Waals surface area contributed by atoms with Gasteiger partial charge in [-0.05, 0) is 57.1 Å². The summed E-state index contributed by atoms with van der Waals surface area (Å²) >= 11 is 0. The summed E-state index contributed by atoms with van der Waals surface area (Å²) in [4.78, 5) is 2.57. The molecule has 1 fully saturated rings. The van der Waals surface area contributed by atoms with Crippen LogP contribution in [0.15, 0.2) is 29.2 Å². The normalized spacial score (nSPS) is 18.4. The molecule has 1 heterocycles. The van der Waals surface area contributed by atoms with Crippen LogP contribution in [0.1, 0.15) is 26.2 Å². The molecule has 1 saturated heterocycles. The Bertz CT molecular complexity index is 539. The van der Waals surface area contributed by atoms with Crippen molar-refractivity contribution in [3.63, 3.8) is 0 Å². The lowest BCUT2D eigenvalue weighted by Crippen LogP contribution is -2.43. The summed E-state index contributed by atoms with van der Waals surface area (Å²) in [5.41, 5.74) is 3.15. The first-order chi connectivity index (χ1) is 10.0. The van der Waals surface area contributed by atoms with E-state index in [4.69, 9.17) is 5.84 Å². The molecule has 0 spiro atoms. The van der Waals surface area contributed by atoms with Crippen LogP contribution in [0.2, 0.25) is 0 Å². The lowest BCUT2D eigenvalue weighted by atomic mass is 10.1. The van der Waals surface area contributed by atoms with Gasteiger partial charge in [0.25, 0.3) is 0 Å². The number of sulfonamides is 1. The van der Waals surface area contributed by atoms with Gasteiger partial charge in [0.15, 0.2) is 0 Å². The molecule has 2 rings (SSSR count). The van der Waals surface area contributed by atoms with Gasteiger partial charge in [-0.1, -0.05) is 6.42 Å². The third-order valence-corrected chi connectivity index (χ3v) is 5.27. The van der Waals surface area contributed by atoms with E-state index in [-0.39, 0.29) is 10.9 Å². The van der Waals surface area contributed by atoms with Gasteiger partial charge in [-0.25, -0.2) is 13.1 Å². The lowest BCUT2D eigenvalue weighted by Gasteiger charge is -2.29. The molecule has 6 nitrogen and oxygen atoms in total. The molecule has 0 bridgehead atoms. The second-order valence-corrected chi connectivity index (χ2v) is 7.27. The van der Waals surface area contributed by atoms with Crippen molar-refractivity contribution >= 4 is 15.7 Å². The van der Waals surface area contributed by atoms with Crippen molar-refractivity contribution in [2.24, 2.45) is 5.84 Å². The predicted octanol–water partition coefficient (Wildman–Crippen LogP) is 1.12. The quantitative estimate of drug-likeness (QED) is 0.541. The van der Waals surface area contributed by atoms with Crippen LogP contribution < -0.4 is 16.0 Å². The van der Waals surface area contributed by atoms with Gasteiger partial charge in [0.2, 0.25) is 10.0 Å². The molecule has 1 atom stereocenters. The Morgan fingerprint density at radius 2 is 1.81 bits per heavy atom. The van der Waals surface area contributed by atoms with E-state index in [1.807, 2.05) is 6.92 Å². The van der Waals surface area contributed by atoms with Gasteiger partial charge in [-0.2, -0.15) is 0 Å². The van der Waals surface area contributed by atoms with Gasteiger partial charge in [-0.3, -0.25) is 5.84 Å². The minimum absolute atomic E-state index is 0.111. The largest absolute Gasteiger partial charge is 0.324 e. The summed E-state index contributed by atoms with van der Waals surface area (Å²) in [6.07, 6.45) is 3.68. The molecule has 1 aliphatic heterocycles. The van der Waals surface area contributed by atoms with Gasteiger partial charge >= 0.3 is 0 Å². The number of anilines is 1. The monoisotopic (exact) mass is 312 g/mol. The molecular formula is C14H24N4O2S. The van der Waals surface area contributed by atoms with E-state index in [0.717, 1.165) is 19.6 Å². The number of nitrogen functional groups attached to an aromatic ring is 1. The van der Waals surface area contributed by atoms with Gasteiger partial charge in [-0.15, -0.1) is 0 Å². The average molecular weight is 312 g/mol. The Balaban J connectivity index is 1.95. The SMILES string of the molecule is CC(CN1CCCCC1)NS(=O)(=O)c1ccc(NN)cc1. The number of nitrogens with zero attached hydrogens (tertiary/aromatic N) is 1. The number of nitrogens with one attached hydrogen (secondary N) is 2. The minimum Gasteiger partial charge on any atom is -0.324 e. The smallest absolute Gasteiger partial charge is 0.240 e. The Kier molecular flexibility index (Phi) is 5.58. The van der Waals surface area contributed by atoms with Gasteiger partial charge in [0, 0.05) is 18.3 Å². The predicted molar refractivity (Wildman–Crippen MR) is 84.3 cm³/mol. The molecule has 1 aromatic rings. The fourth-order valence-electron chi connectivity index (χ4n) is 2.63. The molecular weight excluding hydrogens is 288 g/mol. The number of piperidine rings is 1. The molecule has 0 amide bonds. The van der Waals surface area contributed by atoms with Gasteiger partial charge < -0.3 is 10.3 Å². The Hall–Kier alpha value is -1.15. The second kappa shape index (κ2) is 7.22. The standard InChI is InChI=1S/C14H24N4O2S/c1-12(11-18-9-3-2-4-10-18)17-21(19,20)14-7-5-13(16-15)6-8-14/h5-8,12,16-17H,2-4,9-11,15H2,1H3. The Labute approximate surface area is 126 Å². The molecule has 7 heteroatoms. The maximum atomic E-state index is 12.3. The van der Waals surface area contributed by atoms with Crippen LogP contribution in [0, 0.1) is 0 Å². The number of hydrazine groups is 1. The number of benzene rings is 1. The second-order valence-electron chi connectivity index (χ2n) is 5.55. The maximum absolute atomic E-state index is 12.3. The van der Waals surface area contributed by atoms with Crippen molar-refractivity contribution < 1.29 is 8.42 Å². The molecule has 0 aromatic heterocycles. The maximum Gasteiger partial charge on any atom is 0.240 e. The van der Waals surface area contributed by atoms with Crippen LogP contribution in [-0.2, 0) is 10.0 Å². The van der Waals surface area contributed by atoms with E-state index >= 15 is 0 Å². The van der Waals surface area contributed by atoms with Crippen molar-refractivity contribution in [3.8, 4) is 0 Å². The van der Waals surface area contributed by atoms with E-state index in [9.17, 15) is 8.42 Å². The van der Waals surface area contributed by atoms with E-state index in [2.05, 4.69) is 15.0 Å². The summed E-state index contributed by atoms with van der Waals surface area (Å²) in [7, 11) is -3.48. The lowest BCUT2D eigenvalue weighted by molar-refractivity contribution is 0.215. The molecule has 0 saturated carbocycles. The highest BCUT2D eigenvalue weighted by Gasteiger charge is 2.20. The highest BCUT2D eigenvalue weighted by molar-refractivity contribution is 7.89. The number of nitrogens with two attached hydrogens (primary N) is 1. The van der Waals surface area contributed by atoms with Crippen LogP contribution in [-0.4, -0.2) is 39.0 Å². The van der Waals surface area contributed by atoms with Crippen molar-refractivity contribution in [1.29, 1.82) is 0 Å². The molecule has 1 aromatic carbocycles. The molecule has 0 radical (unpaired) electrons. The third kappa shape index (κ3) is 4.67. The van der Waals surface area contributed by atoms with E-state index in [1.165, 1.54) is 19.3 Å². The fourth-order valence-corrected chi connectivity index (χ4v) is 3.86. The Morgan fingerprint density at radius 1 is 1.19 bits per heavy atom. The summed E-state index contributed by atoms with van der Waals surface area (Å²) in [5.74, 6) is 5.27. The molecule has 1 aliphatic rings. The number of hydrogen-bond acceptors (Lipinski definition) is 5. The third-order valence-electron chi connectivity index (χ3n) is 3.67. The first-order valence-corrected chi connectivity index (χ1v) is 8.81. The zero-order valence-electron chi connectivity index (χ0n) is 12.4. The van der Waals surface area contributed by atoms with Gasteiger partial charge in [0.05, 0.1) is 4.90 Å². The summed E-state index contributed by atoms with van der Waals surface area (Å²) in [6, 6.07) is 6.27. The topological polar surface area (TPSA) is 87.5 Å². The van der Waals surface area contributed by atoms with E-state index in [1.54, 1.807) is 24.3 Å². The molecule has 118 valence electrons. The summed E-state index contributed by atoms with van der Waals surface area (Å²) in [6.45, 7) is 4.77. The molecule has 0 aliphatic carbocycles. The average Bonchev–Trinajstić information content (AvgIpc) is 2.47. The fraction of sp³-hybridized carbons (Fsp3) is 0.571. The van der Waals surface area contributed by atoms with Crippen molar-refractivity contribution in [1.82, 2.24) is 9.62 Å². The zero-order chi connectivity index (χ0) is 15.3. The first kappa shape index (κ1) is 16.2. The van der Waals surface area contributed by atoms with E-state index < -0.39 is 10.0 Å². The zero-order valence-corrected chi connectivity index (χ0v) is 13.2. The molecule has 4 N–H and O–H groups in total. The Morgan fingerprint density at radius 3 is 2.38 bits per heavy atom. The minimum atomic E-state index is -3.48. The summed E-state index contributed by atoms with van der Waals surface area (Å²) < 4.78 is 27.3. The number of hydrogen-bond donors (Lipinski definition) is 3. The van der Waals surface area contributed by atoms with Crippen LogP contribution >= 0.6 is 0 Å². The summed E-state index contributed by atoms with van der Waals surface area (Å²) in [5, 5.41) is 0. The van der Waals surface area contributed by atoms with E-state index in [0.29, 0.717) is 5.69 Å². The van der Waals surface area contributed by atoms with Crippen LogP contribution in [0.25, 0.3) is 0 Å². The van der Waals surface area contributed by atoms with Gasteiger partial charge in [0.1, 0.15) is 0 Å². The van der Waals surface area contributed by atoms with Crippen LogP contribution in [0.5, 0.6) is 0 Å². The van der Waals surface area contributed by atoms with Crippen molar-refractivity contribution in [2.75, 3.05) is 25.1 Å². The number of likely N-dealkylation sites (tertiary alicyclic amines) is 1. The highest BCUT2D eigenvalue weighted by Crippen LogP contribution is 2.14.